The first-order chi connectivity index (χ1) is 16.0. The van der Waals surface area contributed by atoms with Gasteiger partial charge in [-0.2, -0.15) is 0 Å². The van der Waals surface area contributed by atoms with E-state index in [1.807, 2.05) is 41.8 Å². The molecule has 0 saturated heterocycles. The van der Waals surface area contributed by atoms with Crippen LogP contribution in [0.15, 0.2) is 63.5 Å². The van der Waals surface area contributed by atoms with E-state index in [2.05, 4.69) is 15.6 Å². The number of oxazole rings is 1. The van der Waals surface area contributed by atoms with Gasteiger partial charge in [0.05, 0.1) is 23.9 Å². The van der Waals surface area contributed by atoms with Crippen molar-refractivity contribution >= 4 is 29.3 Å². The normalized spacial score (nSPS) is 15.6. The molecular weight excluding hydrogens is 446 g/mol. The zero-order chi connectivity index (χ0) is 23.4. The van der Waals surface area contributed by atoms with Crippen LogP contribution < -0.4 is 10.6 Å². The summed E-state index contributed by atoms with van der Waals surface area (Å²) in [6.07, 6.45) is 0. The van der Waals surface area contributed by atoms with Crippen LogP contribution in [0, 0.1) is 6.92 Å². The number of hydrogen-bond acceptors (Lipinski definition) is 8. The Bertz CT molecular complexity index is 1200. The van der Waals surface area contributed by atoms with Crippen molar-refractivity contribution in [2.45, 2.75) is 19.9 Å². The Morgan fingerprint density at radius 2 is 1.91 bits per heavy atom. The van der Waals surface area contributed by atoms with E-state index in [4.69, 9.17) is 13.9 Å². The summed E-state index contributed by atoms with van der Waals surface area (Å²) < 4.78 is 16.2. The summed E-state index contributed by atoms with van der Waals surface area (Å²) in [5, 5.41) is 7.12. The van der Waals surface area contributed by atoms with Crippen LogP contribution in [0.25, 0.3) is 11.5 Å². The Balaban J connectivity index is 1.59. The Kier molecular flexibility index (Phi) is 6.55. The summed E-state index contributed by atoms with van der Waals surface area (Å²) in [7, 11) is 0. The van der Waals surface area contributed by atoms with Gasteiger partial charge in [0, 0.05) is 10.4 Å². The molecule has 0 spiro atoms. The van der Waals surface area contributed by atoms with Gasteiger partial charge < -0.3 is 24.5 Å². The van der Waals surface area contributed by atoms with E-state index >= 15 is 0 Å². The molecule has 4 rings (SSSR count). The first kappa shape index (κ1) is 22.3. The topological polar surface area (TPSA) is 120 Å². The second-order valence-corrected chi connectivity index (χ2v) is 8.00. The molecule has 9 nitrogen and oxygen atoms in total. The molecule has 0 bridgehead atoms. The summed E-state index contributed by atoms with van der Waals surface area (Å²) in [4.78, 5) is 42.7. The van der Waals surface area contributed by atoms with Crippen molar-refractivity contribution in [1.29, 1.82) is 0 Å². The van der Waals surface area contributed by atoms with Crippen molar-refractivity contribution < 1.29 is 28.3 Å². The van der Waals surface area contributed by atoms with Gasteiger partial charge >= 0.3 is 18.0 Å². The smallest absolute Gasteiger partial charge is 0.361 e. The zero-order valence-electron chi connectivity index (χ0n) is 17.9. The van der Waals surface area contributed by atoms with Crippen LogP contribution in [0.4, 0.5) is 4.79 Å². The third-order valence-electron chi connectivity index (χ3n) is 4.83. The third kappa shape index (κ3) is 4.80. The lowest BCUT2D eigenvalue weighted by molar-refractivity contribution is -0.139. The second kappa shape index (κ2) is 9.70. The number of nitrogens with zero attached hydrogens (tertiary/aromatic N) is 1. The van der Waals surface area contributed by atoms with Gasteiger partial charge in [-0.1, -0.05) is 24.3 Å². The highest BCUT2D eigenvalue weighted by Crippen LogP contribution is 2.31. The van der Waals surface area contributed by atoms with E-state index in [0.29, 0.717) is 11.7 Å². The average Bonchev–Trinajstić information content (AvgIpc) is 3.48. The minimum absolute atomic E-state index is 0.0159. The first-order valence-corrected chi connectivity index (χ1v) is 11.1. The van der Waals surface area contributed by atoms with Gasteiger partial charge in [-0.25, -0.2) is 19.4 Å². The summed E-state index contributed by atoms with van der Waals surface area (Å²) in [6, 6.07) is 11.5. The van der Waals surface area contributed by atoms with Crippen LogP contribution in [-0.2, 0) is 14.3 Å². The number of carbonyl (C=O) groups excluding carboxylic acids is 3. The van der Waals surface area contributed by atoms with E-state index in [1.165, 1.54) is 11.3 Å². The standard InChI is InChI=1S/C23H21N3O6S/c1-3-30-21(27)17-15(24-23(29)26-19(17)16-10-7-11-33-16)12-31-22(28)18-13(2)32-20(25-18)14-8-5-4-6-9-14/h4-11,19H,3,12H2,1-2H3,(H2,24,26,29)/t19-/m0/s1. The average molecular weight is 468 g/mol. The molecule has 2 amide bonds. The number of nitrogens with one attached hydrogen (secondary N) is 2. The summed E-state index contributed by atoms with van der Waals surface area (Å²) >= 11 is 1.38. The van der Waals surface area contributed by atoms with Crippen molar-refractivity contribution in [2.24, 2.45) is 0 Å². The van der Waals surface area contributed by atoms with Crippen molar-refractivity contribution in [1.82, 2.24) is 15.6 Å². The van der Waals surface area contributed by atoms with E-state index in [-0.39, 0.29) is 30.2 Å². The number of hydrogen-bond donors (Lipinski definition) is 2. The number of ether oxygens (including phenoxy) is 2. The van der Waals surface area contributed by atoms with Gasteiger partial charge in [0.25, 0.3) is 0 Å². The zero-order valence-corrected chi connectivity index (χ0v) is 18.7. The van der Waals surface area contributed by atoms with Gasteiger partial charge in [0.2, 0.25) is 5.89 Å². The van der Waals surface area contributed by atoms with Gasteiger partial charge in [0.15, 0.2) is 5.69 Å². The predicted octanol–water partition coefficient (Wildman–Crippen LogP) is 3.74. The molecule has 3 aromatic rings. The highest BCUT2D eigenvalue weighted by molar-refractivity contribution is 7.10. The van der Waals surface area contributed by atoms with Crippen LogP contribution >= 0.6 is 11.3 Å². The Hall–Kier alpha value is -3.92. The predicted molar refractivity (Wildman–Crippen MR) is 119 cm³/mol. The number of urea groups is 1. The minimum atomic E-state index is -0.741. The number of aryl methyl sites for hydroxylation is 1. The molecule has 2 N–H and O–H groups in total. The molecule has 10 heteroatoms. The molecule has 1 aromatic carbocycles. The van der Waals surface area contributed by atoms with Gasteiger partial charge in [-0.15, -0.1) is 11.3 Å². The summed E-state index contributed by atoms with van der Waals surface area (Å²) in [5.74, 6) is -0.767. The highest BCUT2D eigenvalue weighted by atomic mass is 32.1. The van der Waals surface area contributed by atoms with E-state index in [0.717, 1.165) is 10.4 Å². The number of rotatable bonds is 7. The molecule has 2 aromatic heterocycles. The Labute approximate surface area is 193 Å². The molecule has 0 aliphatic carbocycles. The molecule has 0 saturated carbocycles. The van der Waals surface area contributed by atoms with Crippen LogP contribution in [0.2, 0.25) is 0 Å². The van der Waals surface area contributed by atoms with Crippen molar-refractivity contribution in [3.05, 3.63) is 75.4 Å². The lowest BCUT2D eigenvalue weighted by Crippen LogP contribution is -2.46. The summed E-state index contributed by atoms with van der Waals surface area (Å²) in [6.45, 7) is 3.10. The number of aromatic nitrogens is 1. The second-order valence-electron chi connectivity index (χ2n) is 7.03. The maximum Gasteiger partial charge on any atom is 0.361 e. The molecule has 1 aliphatic rings. The first-order valence-electron chi connectivity index (χ1n) is 10.2. The Morgan fingerprint density at radius 3 is 2.61 bits per heavy atom. The van der Waals surface area contributed by atoms with Crippen LogP contribution in [0.3, 0.4) is 0 Å². The number of amides is 2. The van der Waals surface area contributed by atoms with E-state index in [9.17, 15) is 14.4 Å². The van der Waals surface area contributed by atoms with Crippen molar-refractivity contribution in [2.75, 3.05) is 13.2 Å². The van der Waals surface area contributed by atoms with Crippen molar-refractivity contribution in [3.63, 3.8) is 0 Å². The van der Waals surface area contributed by atoms with Crippen LogP contribution in [-0.4, -0.2) is 36.2 Å². The highest BCUT2D eigenvalue weighted by Gasteiger charge is 2.35. The fourth-order valence-corrected chi connectivity index (χ4v) is 4.13. The molecule has 1 atom stereocenters. The molecule has 33 heavy (non-hydrogen) atoms. The fraction of sp³-hybridized carbons (Fsp3) is 0.217. The summed E-state index contributed by atoms with van der Waals surface area (Å²) in [5.41, 5.74) is 1.06. The maximum absolute atomic E-state index is 12.7. The fourth-order valence-electron chi connectivity index (χ4n) is 3.35. The minimum Gasteiger partial charge on any atom is -0.463 e. The van der Waals surface area contributed by atoms with Crippen LogP contribution in [0.5, 0.6) is 0 Å². The van der Waals surface area contributed by atoms with E-state index in [1.54, 1.807) is 19.9 Å². The monoisotopic (exact) mass is 467 g/mol. The molecule has 1 aliphatic heterocycles. The molecule has 170 valence electrons. The number of esters is 2. The van der Waals surface area contributed by atoms with Crippen molar-refractivity contribution in [3.8, 4) is 11.5 Å². The lowest BCUT2D eigenvalue weighted by atomic mass is 10.0. The number of carbonyl (C=O) groups is 3. The van der Waals surface area contributed by atoms with E-state index < -0.39 is 24.0 Å². The lowest BCUT2D eigenvalue weighted by Gasteiger charge is -2.28. The Morgan fingerprint density at radius 1 is 1.12 bits per heavy atom. The van der Waals surface area contributed by atoms with Gasteiger partial charge in [-0.05, 0) is 37.4 Å². The van der Waals surface area contributed by atoms with Gasteiger partial charge in [0.1, 0.15) is 12.4 Å². The molecular formula is C23H21N3O6S. The molecule has 0 radical (unpaired) electrons. The largest absolute Gasteiger partial charge is 0.463 e. The SMILES string of the molecule is CCOC(=O)C1=C(COC(=O)c2nc(-c3ccccc3)oc2C)NC(=O)N[C@H]1c1cccs1. The third-order valence-corrected chi connectivity index (χ3v) is 5.77. The van der Waals surface area contributed by atoms with Crippen LogP contribution in [0.1, 0.15) is 34.1 Å². The molecule has 0 fully saturated rings. The maximum atomic E-state index is 12.7. The number of benzene rings is 1. The van der Waals surface area contributed by atoms with Gasteiger partial charge in [-0.3, -0.25) is 0 Å². The molecule has 3 heterocycles. The quantitative estimate of drug-likeness (QED) is 0.508. The number of thiophene rings is 1. The molecule has 0 unspecified atom stereocenters.